The molecule has 4 rings (SSSR count). The Morgan fingerprint density at radius 1 is 1.29 bits per heavy atom. The van der Waals surface area contributed by atoms with E-state index >= 15 is 0 Å². The summed E-state index contributed by atoms with van der Waals surface area (Å²) in [6.07, 6.45) is 5.68. The molecule has 0 unspecified atom stereocenters. The first-order valence-corrected chi connectivity index (χ1v) is 7.44. The predicted octanol–water partition coefficient (Wildman–Crippen LogP) is 1.79. The van der Waals surface area contributed by atoms with E-state index in [9.17, 15) is 4.79 Å². The third-order valence-corrected chi connectivity index (χ3v) is 4.17. The van der Waals surface area contributed by atoms with E-state index < -0.39 is 0 Å². The molecule has 2 heterocycles. The highest BCUT2D eigenvalue weighted by Gasteiger charge is 2.25. The first-order chi connectivity index (χ1) is 10.3. The maximum absolute atomic E-state index is 12.3. The smallest absolute Gasteiger partial charge is 0.293 e. The minimum atomic E-state index is -0.0113. The van der Waals surface area contributed by atoms with Gasteiger partial charge in [0.1, 0.15) is 0 Å². The Bertz CT molecular complexity index is 733. The van der Waals surface area contributed by atoms with Crippen molar-refractivity contribution >= 4 is 5.82 Å². The van der Waals surface area contributed by atoms with E-state index in [1.54, 1.807) is 17.0 Å². The normalized spacial score (nSPS) is 16.8. The summed E-state index contributed by atoms with van der Waals surface area (Å²) in [6.45, 7) is 2.51. The average molecular weight is 282 g/mol. The number of hydrogen-bond acceptors (Lipinski definition) is 4. The fourth-order valence-corrected chi connectivity index (χ4v) is 2.83. The Kier molecular flexibility index (Phi) is 3.00. The second-order valence-electron chi connectivity index (χ2n) is 5.78. The van der Waals surface area contributed by atoms with Gasteiger partial charge in [-0.3, -0.25) is 4.79 Å². The summed E-state index contributed by atoms with van der Waals surface area (Å²) in [6, 6.07) is 6.85. The van der Waals surface area contributed by atoms with Crippen LogP contribution in [0.5, 0.6) is 0 Å². The molecule has 5 nitrogen and oxygen atoms in total. The van der Waals surface area contributed by atoms with Gasteiger partial charge in [-0.25, -0.2) is 4.98 Å². The molecule has 0 atom stereocenters. The molecule has 1 aromatic heterocycles. The molecular weight excluding hydrogens is 264 g/mol. The molecule has 1 saturated carbocycles. The van der Waals surface area contributed by atoms with Gasteiger partial charge in [-0.15, -0.1) is 0 Å². The minimum Gasteiger partial charge on any atom is -0.361 e. The molecule has 1 aliphatic carbocycles. The summed E-state index contributed by atoms with van der Waals surface area (Å²) in [4.78, 5) is 16.5. The molecule has 0 saturated heterocycles. The molecule has 0 spiro atoms. The summed E-state index contributed by atoms with van der Waals surface area (Å²) >= 11 is 0. The Hall–Kier alpha value is -2.14. The third kappa shape index (κ3) is 2.45. The molecule has 2 aromatic rings. The number of benzene rings is 1. The number of anilines is 1. The van der Waals surface area contributed by atoms with E-state index in [-0.39, 0.29) is 5.56 Å². The summed E-state index contributed by atoms with van der Waals surface area (Å²) in [7, 11) is 0. The third-order valence-electron chi connectivity index (χ3n) is 4.17. The predicted molar refractivity (Wildman–Crippen MR) is 81.1 cm³/mol. The standard InChI is InChI=1S/C16H18N4O/c21-16-15(18-5-6-20(16)14-3-4-14)19-8-11-1-2-12-9-17-10-13(12)7-11/h1-2,5-7,14,17H,3-4,8-10H2,(H,18,19). The van der Waals surface area contributed by atoms with Crippen molar-refractivity contribution in [2.45, 2.75) is 38.5 Å². The van der Waals surface area contributed by atoms with Gasteiger partial charge >= 0.3 is 0 Å². The second-order valence-corrected chi connectivity index (χ2v) is 5.78. The maximum Gasteiger partial charge on any atom is 0.293 e. The van der Waals surface area contributed by atoms with Crippen LogP contribution in [-0.4, -0.2) is 9.55 Å². The number of aromatic nitrogens is 2. The van der Waals surface area contributed by atoms with Crippen molar-refractivity contribution < 1.29 is 0 Å². The molecule has 2 N–H and O–H groups in total. The number of nitrogens with one attached hydrogen (secondary N) is 2. The van der Waals surface area contributed by atoms with Crippen LogP contribution in [0.15, 0.2) is 35.4 Å². The summed E-state index contributed by atoms with van der Waals surface area (Å²) in [5.41, 5.74) is 3.89. The second kappa shape index (κ2) is 5.00. The van der Waals surface area contributed by atoms with Crippen LogP contribution in [0.2, 0.25) is 0 Å². The first kappa shape index (κ1) is 12.6. The maximum atomic E-state index is 12.3. The Morgan fingerprint density at radius 2 is 2.14 bits per heavy atom. The lowest BCUT2D eigenvalue weighted by atomic mass is 10.1. The van der Waals surface area contributed by atoms with Crippen LogP contribution in [0.3, 0.4) is 0 Å². The Morgan fingerprint density at radius 3 is 3.00 bits per heavy atom. The van der Waals surface area contributed by atoms with Crippen LogP contribution in [0.1, 0.15) is 35.6 Å². The van der Waals surface area contributed by atoms with Crippen molar-refractivity contribution in [1.29, 1.82) is 0 Å². The highest BCUT2D eigenvalue weighted by Crippen LogP contribution is 2.33. The van der Waals surface area contributed by atoms with Gasteiger partial charge in [-0.05, 0) is 29.5 Å². The van der Waals surface area contributed by atoms with E-state index in [0.29, 0.717) is 18.4 Å². The molecule has 0 bridgehead atoms. The minimum absolute atomic E-state index is 0.0113. The van der Waals surface area contributed by atoms with Crippen LogP contribution in [0.4, 0.5) is 5.82 Å². The van der Waals surface area contributed by atoms with Crippen LogP contribution >= 0.6 is 0 Å². The van der Waals surface area contributed by atoms with Gasteiger partial charge in [-0.1, -0.05) is 18.2 Å². The summed E-state index contributed by atoms with van der Waals surface area (Å²) in [5.74, 6) is 0.447. The van der Waals surface area contributed by atoms with Gasteiger partial charge in [0.15, 0.2) is 5.82 Å². The molecule has 0 amide bonds. The largest absolute Gasteiger partial charge is 0.361 e. The zero-order valence-corrected chi connectivity index (χ0v) is 11.8. The van der Waals surface area contributed by atoms with Crippen molar-refractivity contribution in [3.8, 4) is 0 Å². The van der Waals surface area contributed by atoms with E-state index in [0.717, 1.165) is 25.9 Å². The van der Waals surface area contributed by atoms with E-state index in [2.05, 4.69) is 33.8 Å². The van der Waals surface area contributed by atoms with Gasteiger partial charge < -0.3 is 15.2 Å². The quantitative estimate of drug-likeness (QED) is 0.897. The Labute approximate surface area is 123 Å². The van der Waals surface area contributed by atoms with Crippen molar-refractivity contribution in [3.63, 3.8) is 0 Å². The van der Waals surface area contributed by atoms with Gasteiger partial charge in [0.2, 0.25) is 0 Å². The molecule has 21 heavy (non-hydrogen) atoms. The lowest BCUT2D eigenvalue weighted by Crippen LogP contribution is -2.23. The van der Waals surface area contributed by atoms with Gasteiger partial charge in [0.05, 0.1) is 0 Å². The van der Waals surface area contributed by atoms with Gasteiger partial charge in [0.25, 0.3) is 5.56 Å². The fourth-order valence-electron chi connectivity index (χ4n) is 2.83. The SMILES string of the molecule is O=c1c(NCc2ccc3c(c2)CNC3)nccn1C1CC1. The van der Waals surface area contributed by atoms with E-state index in [1.807, 2.05) is 0 Å². The monoisotopic (exact) mass is 282 g/mol. The van der Waals surface area contributed by atoms with Crippen molar-refractivity contribution in [3.05, 3.63) is 57.6 Å². The van der Waals surface area contributed by atoms with E-state index in [4.69, 9.17) is 0 Å². The van der Waals surface area contributed by atoms with Crippen molar-refractivity contribution in [2.75, 3.05) is 5.32 Å². The molecule has 108 valence electrons. The zero-order valence-electron chi connectivity index (χ0n) is 11.8. The van der Waals surface area contributed by atoms with Crippen molar-refractivity contribution in [2.24, 2.45) is 0 Å². The van der Waals surface area contributed by atoms with Crippen LogP contribution in [-0.2, 0) is 19.6 Å². The first-order valence-electron chi connectivity index (χ1n) is 7.44. The van der Waals surface area contributed by atoms with Crippen molar-refractivity contribution in [1.82, 2.24) is 14.9 Å². The molecule has 1 aromatic carbocycles. The highest BCUT2D eigenvalue weighted by molar-refractivity contribution is 5.38. The molecule has 0 radical (unpaired) electrons. The van der Waals surface area contributed by atoms with Crippen LogP contribution in [0.25, 0.3) is 0 Å². The fraction of sp³-hybridized carbons (Fsp3) is 0.375. The van der Waals surface area contributed by atoms with Gasteiger partial charge in [0, 0.05) is 38.1 Å². The molecule has 2 aliphatic rings. The molecule has 1 aliphatic heterocycles. The highest BCUT2D eigenvalue weighted by atomic mass is 16.1. The van der Waals surface area contributed by atoms with Gasteiger partial charge in [-0.2, -0.15) is 0 Å². The van der Waals surface area contributed by atoms with Crippen LogP contribution < -0.4 is 16.2 Å². The number of rotatable bonds is 4. The lowest BCUT2D eigenvalue weighted by Gasteiger charge is -2.09. The molecule has 5 heteroatoms. The average Bonchev–Trinajstić information content (AvgIpc) is 3.23. The molecule has 1 fully saturated rings. The summed E-state index contributed by atoms with van der Waals surface area (Å²) < 4.78 is 1.79. The number of nitrogens with zero attached hydrogens (tertiary/aromatic N) is 2. The topological polar surface area (TPSA) is 59.0 Å². The molecular formula is C16H18N4O. The Balaban J connectivity index is 1.52. The van der Waals surface area contributed by atoms with E-state index in [1.165, 1.54) is 16.7 Å². The summed E-state index contributed by atoms with van der Waals surface area (Å²) in [5, 5.41) is 6.52. The lowest BCUT2D eigenvalue weighted by molar-refractivity contribution is 0.699. The number of hydrogen-bond donors (Lipinski definition) is 2. The van der Waals surface area contributed by atoms with Crippen LogP contribution in [0, 0.1) is 0 Å². The zero-order chi connectivity index (χ0) is 14.2. The number of fused-ring (bicyclic) bond motifs is 1.